The molecule has 0 bridgehead atoms. The zero-order valence-electron chi connectivity index (χ0n) is 12.1. The van der Waals surface area contributed by atoms with Crippen molar-refractivity contribution in [2.45, 2.75) is 5.92 Å². The molecule has 1 unspecified atom stereocenters. The second-order valence-electron chi connectivity index (χ2n) is 4.88. The molecule has 112 valence electrons. The van der Waals surface area contributed by atoms with E-state index in [2.05, 4.69) is 0 Å². The summed E-state index contributed by atoms with van der Waals surface area (Å²) in [6.45, 7) is 0.811. The molecule has 0 radical (unpaired) electrons. The number of rotatable bonds is 7. The molecule has 0 aliphatic rings. The van der Waals surface area contributed by atoms with Crippen LogP contribution in [0.15, 0.2) is 30.3 Å². The monoisotopic (exact) mass is 299 g/mol. The maximum atomic E-state index is 11.9. The van der Waals surface area contributed by atoms with Crippen LogP contribution in [0.5, 0.6) is 0 Å². The van der Waals surface area contributed by atoms with E-state index >= 15 is 0 Å². The Bertz CT molecular complexity index is 527. The average Bonchev–Trinajstić information content (AvgIpc) is 2.42. The third kappa shape index (κ3) is 5.71. The largest absolute Gasteiger partial charge is 0.469 e. The molecule has 1 rings (SSSR count). The van der Waals surface area contributed by atoms with Gasteiger partial charge in [0.1, 0.15) is 9.84 Å². The second kappa shape index (κ2) is 7.40. The van der Waals surface area contributed by atoms with Crippen molar-refractivity contribution in [3.8, 4) is 0 Å². The van der Waals surface area contributed by atoms with Gasteiger partial charge in [0.25, 0.3) is 0 Å². The number of methoxy groups -OCH3 is 1. The van der Waals surface area contributed by atoms with E-state index in [-0.39, 0.29) is 11.7 Å². The summed E-state index contributed by atoms with van der Waals surface area (Å²) < 4.78 is 27.2. The van der Waals surface area contributed by atoms with E-state index in [1.165, 1.54) is 13.4 Å². The molecule has 1 aromatic rings. The van der Waals surface area contributed by atoms with Crippen molar-refractivity contribution < 1.29 is 17.9 Å². The predicted octanol–water partition coefficient (Wildman–Crippen LogP) is 0.920. The zero-order chi connectivity index (χ0) is 15.2. The molecule has 5 nitrogen and oxygen atoms in total. The van der Waals surface area contributed by atoms with Crippen molar-refractivity contribution in [3.05, 3.63) is 35.9 Å². The Kier molecular flexibility index (Phi) is 6.16. The van der Waals surface area contributed by atoms with Crippen molar-refractivity contribution in [2.75, 3.05) is 39.3 Å². The van der Waals surface area contributed by atoms with Crippen LogP contribution in [0.2, 0.25) is 0 Å². The molecule has 0 spiro atoms. The van der Waals surface area contributed by atoms with Gasteiger partial charge in [0.2, 0.25) is 0 Å². The molecule has 0 aromatic heterocycles. The third-order valence-electron chi connectivity index (χ3n) is 3.03. The van der Waals surface area contributed by atoms with Crippen LogP contribution in [0, 0.1) is 0 Å². The molecule has 1 aromatic carbocycles. The van der Waals surface area contributed by atoms with Crippen LogP contribution in [0.1, 0.15) is 11.5 Å². The van der Waals surface area contributed by atoms with E-state index < -0.39 is 15.8 Å². The second-order valence-corrected chi connectivity index (χ2v) is 7.14. The summed E-state index contributed by atoms with van der Waals surface area (Å²) in [5.74, 6) is -0.653. The lowest BCUT2D eigenvalue weighted by Crippen LogP contribution is -2.32. The first-order valence-electron chi connectivity index (χ1n) is 6.32. The lowest BCUT2D eigenvalue weighted by atomic mass is 9.99. The molecule has 0 heterocycles. The Hall–Kier alpha value is -1.40. The van der Waals surface area contributed by atoms with Crippen LogP contribution in [0.3, 0.4) is 0 Å². The Labute approximate surface area is 120 Å². The number of hydrogen-bond acceptors (Lipinski definition) is 5. The number of nitrogens with zero attached hydrogens (tertiary/aromatic N) is 1. The average molecular weight is 299 g/mol. The van der Waals surface area contributed by atoms with E-state index in [9.17, 15) is 13.2 Å². The van der Waals surface area contributed by atoms with Gasteiger partial charge >= 0.3 is 5.97 Å². The fourth-order valence-corrected chi connectivity index (χ4v) is 2.51. The van der Waals surface area contributed by atoms with Gasteiger partial charge in [-0.15, -0.1) is 0 Å². The minimum absolute atomic E-state index is 0.0756. The van der Waals surface area contributed by atoms with Gasteiger partial charge in [-0.05, 0) is 12.6 Å². The van der Waals surface area contributed by atoms with Crippen LogP contribution in [0.25, 0.3) is 0 Å². The predicted molar refractivity (Wildman–Crippen MR) is 78.4 cm³/mol. The first-order valence-corrected chi connectivity index (χ1v) is 8.38. The number of sulfone groups is 1. The zero-order valence-corrected chi connectivity index (χ0v) is 12.9. The fraction of sp³-hybridized carbons (Fsp3) is 0.500. The summed E-state index contributed by atoms with van der Waals surface area (Å²) in [4.78, 5) is 13.7. The number of carbonyl (C=O) groups is 1. The van der Waals surface area contributed by atoms with Crippen molar-refractivity contribution >= 4 is 15.8 Å². The molecule has 0 saturated carbocycles. The highest BCUT2D eigenvalue weighted by molar-refractivity contribution is 7.90. The van der Waals surface area contributed by atoms with E-state index in [4.69, 9.17) is 4.74 Å². The molecule has 0 N–H and O–H groups in total. The molecular weight excluding hydrogens is 278 g/mol. The van der Waals surface area contributed by atoms with Crippen molar-refractivity contribution in [2.24, 2.45) is 0 Å². The number of hydrogen-bond donors (Lipinski definition) is 0. The van der Waals surface area contributed by atoms with Gasteiger partial charge in [0.05, 0.1) is 18.8 Å². The first kappa shape index (κ1) is 16.7. The number of esters is 1. The van der Waals surface area contributed by atoms with Gasteiger partial charge in [-0.2, -0.15) is 0 Å². The highest BCUT2D eigenvalue weighted by Crippen LogP contribution is 2.18. The van der Waals surface area contributed by atoms with Crippen molar-refractivity contribution in [1.29, 1.82) is 0 Å². The number of carbonyl (C=O) groups excluding carboxylic acids is 1. The smallest absolute Gasteiger partial charge is 0.314 e. The summed E-state index contributed by atoms with van der Waals surface area (Å²) >= 11 is 0. The molecule has 0 fully saturated rings. The van der Waals surface area contributed by atoms with Gasteiger partial charge in [0.15, 0.2) is 0 Å². The molecule has 0 saturated heterocycles. The minimum Gasteiger partial charge on any atom is -0.469 e. The molecule has 0 amide bonds. The summed E-state index contributed by atoms with van der Waals surface area (Å²) in [6.07, 6.45) is 1.20. The number of ether oxygens (including phenoxy) is 1. The molecule has 0 aliphatic carbocycles. The summed E-state index contributed by atoms with van der Waals surface area (Å²) in [6, 6.07) is 9.34. The van der Waals surface area contributed by atoms with Crippen LogP contribution < -0.4 is 0 Å². The minimum atomic E-state index is -3.00. The Morgan fingerprint density at radius 2 is 1.90 bits per heavy atom. The lowest BCUT2D eigenvalue weighted by Gasteiger charge is -2.22. The summed E-state index contributed by atoms with van der Waals surface area (Å²) in [5.41, 5.74) is 0.866. The number of benzene rings is 1. The van der Waals surface area contributed by atoms with Gasteiger partial charge in [-0.3, -0.25) is 4.79 Å². The molecule has 0 aliphatic heterocycles. The topological polar surface area (TPSA) is 63.7 Å². The molecule has 6 heteroatoms. The summed E-state index contributed by atoms with van der Waals surface area (Å²) in [5, 5.41) is 0. The lowest BCUT2D eigenvalue weighted by molar-refractivity contribution is -0.142. The van der Waals surface area contributed by atoms with E-state index in [1.54, 1.807) is 7.05 Å². The quantitative estimate of drug-likeness (QED) is 0.701. The fourth-order valence-electron chi connectivity index (χ4n) is 1.87. The Balaban J connectivity index is 2.74. The normalized spacial score (nSPS) is 13.2. The molecule has 1 atom stereocenters. The Morgan fingerprint density at radius 1 is 1.30 bits per heavy atom. The van der Waals surface area contributed by atoms with Gasteiger partial charge in [-0.25, -0.2) is 8.42 Å². The third-order valence-corrected chi connectivity index (χ3v) is 3.95. The molecule has 20 heavy (non-hydrogen) atoms. The highest BCUT2D eigenvalue weighted by atomic mass is 32.2. The SMILES string of the molecule is COC(=O)C(CN(C)CCS(C)(=O)=O)c1ccccc1. The number of likely N-dealkylation sites (N-methyl/N-ethyl adjacent to an activating group) is 1. The standard InChI is InChI=1S/C14H21NO4S/c1-15(9-10-20(3,17)18)11-13(14(16)19-2)12-7-5-4-6-8-12/h4-8,13H,9-11H2,1-3H3. The van der Waals surface area contributed by atoms with Gasteiger partial charge in [0, 0.05) is 19.3 Å². The Morgan fingerprint density at radius 3 is 2.40 bits per heavy atom. The first-order chi connectivity index (χ1) is 9.33. The summed E-state index contributed by atoms with van der Waals surface area (Å²) in [7, 11) is 0.148. The van der Waals surface area contributed by atoms with Gasteiger partial charge < -0.3 is 9.64 Å². The maximum absolute atomic E-state index is 11.9. The molecular formula is C14H21NO4S. The van der Waals surface area contributed by atoms with E-state index in [1.807, 2.05) is 35.2 Å². The highest BCUT2D eigenvalue weighted by Gasteiger charge is 2.23. The van der Waals surface area contributed by atoms with Crippen molar-refractivity contribution in [3.63, 3.8) is 0 Å². The maximum Gasteiger partial charge on any atom is 0.314 e. The van der Waals surface area contributed by atoms with Gasteiger partial charge in [-0.1, -0.05) is 30.3 Å². The van der Waals surface area contributed by atoms with Crippen LogP contribution in [0.4, 0.5) is 0 Å². The van der Waals surface area contributed by atoms with Crippen LogP contribution in [-0.2, 0) is 19.4 Å². The van der Waals surface area contributed by atoms with Crippen LogP contribution >= 0.6 is 0 Å². The van der Waals surface area contributed by atoms with E-state index in [0.29, 0.717) is 13.1 Å². The van der Waals surface area contributed by atoms with E-state index in [0.717, 1.165) is 5.56 Å². The van der Waals surface area contributed by atoms with Crippen molar-refractivity contribution in [1.82, 2.24) is 4.90 Å². The van der Waals surface area contributed by atoms with Crippen LogP contribution in [-0.4, -0.2) is 58.5 Å².